The van der Waals surface area contributed by atoms with Crippen LogP contribution in [0.5, 0.6) is 0 Å². The Labute approximate surface area is 171 Å². The molecule has 156 valence electrons. The first-order valence-corrected chi connectivity index (χ1v) is 10.2. The number of urea groups is 1. The molecule has 0 radical (unpaired) electrons. The molecule has 0 aliphatic carbocycles. The Morgan fingerprint density at radius 3 is 2.28 bits per heavy atom. The van der Waals surface area contributed by atoms with Gasteiger partial charge in [0, 0.05) is 37.3 Å². The highest BCUT2D eigenvalue weighted by molar-refractivity contribution is 6.07. The van der Waals surface area contributed by atoms with Gasteiger partial charge < -0.3 is 9.80 Å². The first-order valence-electron chi connectivity index (χ1n) is 10.2. The average Bonchev–Trinajstić information content (AvgIpc) is 2.89. The number of rotatable bonds is 5. The maximum atomic E-state index is 13.1. The maximum absolute atomic E-state index is 13.1. The monoisotopic (exact) mass is 399 g/mol. The van der Waals surface area contributed by atoms with E-state index in [2.05, 4.69) is 0 Å². The number of Topliss-reactive ketones (excluding diaryl/α,β-unsaturated/α-hetero) is 1. The molecule has 2 aliphatic heterocycles. The average molecular weight is 399 g/mol. The molecule has 1 spiro atoms. The minimum atomic E-state index is -0.852. The van der Waals surface area contributed by atoms with Gasteiger partial charge in [0.1, 0.15) is 5.54 Å². The Balaban J connectivity index is 1.80. The zero-order chi connectivity index (χ0) is 21.3. The lowest BCUT2D eigenvalue weighted by Crippen LogP contribution is -2.58. The smallest absolute Gasteiger partial charge is 0.327 e. The molecule has 0 unspecified atom stereocenters. The van der Waals surface area contributed by atoms with Crippen molar-refractivity contribution in [2.24, 2.45) is 5.92 Å². The van der Waals surface area contributed by atoms with Crippen LogP contribution in [0.1, 0.15) is 61.3 Å². The number of carbonyl (C=O) groups excluding carboxylic acids is 4. The Bertz CT molecular complexity index is 840. The number of benzene rings is 1. The van der Waals surface area contributed by atoms with Gasteiger partial charge in [-0.2, -0.15) is 0 Å². The molecule has 2 aliphatic rings. The first kappa shape index (κ1) is 21.0. The van der Waals surface area contributed by atoms with Crippen LogP contribution in [0.15, 0.2) is 24.3 Å². The molecule has 0 atom stereocenters. The second kappa shape index (κ2) is 7.97. The van der Waals surface area contributed by atoms with Gasteiger partial charge in [-0.25, -0.2) is 4.79 Å². The summed E-state index contributed by atoms with van der Waals surface area (Å²) in [5.41, 5.74) is 0.120. The molecule has 2 saturated heterocycles. The number of hydrogen-bond donors (Lipinski definition) is 0. The second-order valence-corrected chi connectivity index (χ2v) is 8.30. The molecule has 2 heterocycles. The van der Waals surface area contributed by atoms with Crippen LogP contribution in [-0.2, 0) is 4.79 Å². The lowest BCUT2D eigenvalue weighted by atomic mass is 9.85. The largest absolute Gasteiger partial charge is 0.338 e. The molecule has 0 bridgehead atoms. The van der Waals surface area contributed by atoms with Crippen LogP contribution in [0.25, 0.3) is 0 Å². The number of ketones is 1. The highest BCUT2D eigenvalue weighted by atomic mass is 16.2. The fraction of sp³-hybridized carbons (Fsp3) is 0.545. The zero-order valence-corrected chi connectivity index (χ0v) is 17.6. The van der Waals surface area contributed by atoms with E-state index in [-0.39, 0.29) is 29.5 Å². The van der Waals surface area contributed by atoms with E-state index in [1.54, 1.807) is 34.1 Å². The van der Waals surface area contributed by atoms with Crippen molar-refractivity contribution < 1.29 is 19.2 Å². The summed E-state index contributed by atoms with van der Waals surface area (Å²) in [6.45, 7) is 9.01. The van der Waals surface area contributed by atoms with Crippen molar-refractivity contribution in [3.05, 3.63) is 35.4 Å². The second-order valence-electron chi connectivity index (χ2n) is 8.30. The molecule has 1 aromatic rings. The summed E-state index contributed by atoms with van der Waals surface area (Å²) in [6, 6.07) is 6.49. The van der Waals surface area contributed by atoms with Gasteiger partial charge in [-0.15, -0.1) is 0 Å². The van der Waals surface area contributed by atoms with E-state index in [0.29, 0.717) is 50.1 Å². The number of likely N-dealkylation sites (N-methyl/N-ethyl adjacent to an activating group) is 1. The van der Waals surface area contributed by atoms with Crippen LogP contribution in [-0.4, -0.2) is 70.0 Å². The molecule has 0 aromatic heterocycles. The number of imide groups is 1. The van der Waals surface area contributed by atoms with E-state index in [9.17, 15) is 19.2 Å². The van der Waals surface area contributed by atoms with E-state index < -0.39 is 5.54 Å². The van der Waals surface area contributed by atoms with Gasteiger partial charge >= 0.3 is 6.03 Å². The fourth-order valence-corrected chi connectivity index (χ4v) is 4.30. The molecule has 1 aromatic carbocycles. The van der Waals surface area contributed by atoms with E-state index in [1.165, 1.54) is 11.8 Å². The van der Waals surface area contributed by atoms with Gasteiger partial charge in [0.15, 0.2) is 5.78 Å². The number of carbonyl (C=O) groups is 4. The molecule has 0 saturated carbocycles. The SMILES string of the molecule is CCN1C(=O)N(CC(C)C)C2(CCN(C(=O)c3cccc(C(C)=O)c3)CC2)C1=O. The zero-order valence-electron chi connectivity index (χ0n) is 17.6. The molecule has 29 heavy (non-hydrogen) atoms. The number of likely N-dealkylation sites (tertiary alicyclic amines) is 1. The van der Waals surface area contributed by atoms with Crippen molar-refractivity contribution in [1.82, 2.24) is 14.7 Å². The number of hydrogen-bond acceptors (Lipinski definition) is 4. The van der Waals surface area contributed by atoms with Gasteiger partial charge in [0.25, 0.3) is 11.8 Å². The van der Waals surface area contributed by atoms with Crippen LogP contribution in [0.4, 0.5) is 4.79 Å². The highest BCUT2D eigenvalue weighted by Crippen LogP contribution is 2.38. The third kappa shape index (κ3) is 3.66. The third-order valence-corrected chi connectivity index (χ3v) is 5.88. The summed E-state index contributed by atoms with van der Waals surface area (Å²) in [5.74, 6) is -0.135. The molecule has 7 heteroatoms. The van der Waals surface area contributed by atoms with Crippen molar-refractivity contribution in [3.63, 3.8) is 0 Å². The molecule has 3 rings (SSSR count). The Morgan fingerprint density at radius 2 is 1.72 bits per heavy atom. The third-order valence-electron chi connectivity index (χ3n) is 5.88. The van der Waals surface area contributed by atoms with Crippen molar-refractivity contribution in [3.8, 4) is 0 Å². The van der Waals surface area contributed by atoms with Gasteiger partial charge in [-0.05, 0) is 44.7 Å². The molecule has 2 fully saturated rings. The van der Waals surface area contributed by atoms with Crippen LogP contribution in [0.2, 0.25) is 0 Å². The van der Waals surface area contributed by atoms with Gasteiger partial charge in [-0.1, -0.05) is 26.0 Å². The summed E-state index contributed by atoms with van der Waals surface area (Å²) in [6.07, 6.45) is 0.859. The summed E-state index contributed by atoms with van der Waals surface area (Å²) in [5, 5.41) is 0. The lowest BCUT2D eigenvalue weighted by Gasteiger charge is -2.42. The standard InChI is InChI=1S/C22H29N3O4/c1-5-24-20(28)22(25(21(24)29)14-15(2)3)9-11-23(12-10-22)19(27)18-8-6-7-17(13-18)16(4)26/h6-8,13,15H,5,9-12,14H2,1-4H3. The van der Waals surface area contributed by atoms with Gasteiger partial charge in [0.05, 0.1) is 0 Å². The van der Waals surface area contributed by atoms with Crippen LogP contribution in [0.3, 0.4) is 0 Å². The molecule has 4 amide bonds. The number of piperidine rings is 1. The summed E-state index contributed by atoms with van der Waals surface area (Å²) >= 11 is 0. The van der Waals surface area contributed by atoms with Gasteiger partial charge in [-0.3, -0.25) is 19.3 Å². The fourth-order valence-electron chi connectivity index (χ4n) is 4.30. The van der Waals surface area contributed by atoms with E-state index in [4.69, 9.17) is 0 Å². The minimum absolute atomic E-state index is 0.0868. The van der Waals surface area contributed by atoms with Crippen molar-refractivity contribution in [2.45, 2.75) is 46.1 Å². The summed E-state index contributed by atoms with van der Waals surface area (Å²) in [7, 11) is 0. The molecular formula is C22H29N3O4. The molecular weight excluding hydrogens is 370 g/mol. The van der Waals surface area contributed by atoms with Gasteiger partial charge in [0.2, 0.25) is 0 Å². The minimum Gasteiger partial charge on any atom is -0.338 e. The molecule has 7 nitrogen and oxygen atoms in total. The van der Waals surface area contributed by atoms with Crippen LogP contribution < -0.4 is 0 Å². The predicted octanol–water partition coefficient (Wildman–Crippen LogP) is 2.80. The first-order chi connectivity index (χ1) is 13.7. The highest BCUT2D eigenvalue weighted by Gasteiger charge is 2.57. The van der Waals surface area contributed by atoms with Crippen LogP contribution >= 0.6 is 0 Å². The summed E-state index contributed by atoms with van der Waals surface area (Å²) < 4.78 is 0. The summed E-state index contributed by atoms with van der Waals surface area (Å²) in [4.78, 5) is 55.2. The Hall–Kier alpha value is -2.70. The molecule has 0 N–H and O–H groups in total. The number of amides is 4. The quantitative estimate of drug-likeness (QED) is 0.563. The Morgan fingerprint density at radius 1 is 1.10 bits per heavy atom. The van der Waals surface area contributed by atoms with E-state index >= 15 is 0 Å². The lowest BCUT2D eigenvalue weighted by molar-refractivity contribution is -0.135. The Kier molecular flexibility index (Phi) is 5.78. The van der Waals surface area contributed by atoms with E-state index in [1.807, 2.05) is 20.8 Å². The maximum Gasteiger partial charge on any atom is 0.327 e. The topological polar surface area (TPSA) is 78.0 Å². The normalized spacial score (nSPS) is 18.9. The van der Waals surface area contributed by atoms with Crippen molar-refractivity contribution >= 4 is 23.6 Å². The van der Waals surface area contributed by atoms with Crippen LogP contribution in [0, 0.1) is 5.92 Å². The van der Waals surface area contributed by atoms with Crippen molar-refractivity contribution in [1.29, 1.82) is 0 Å². The van der Waals surface area contributed by atoms with Crippen molar-refractivity contribution in [2.75, 3.05) is 26.2 Å². The predicted molar refractivity (Wildman–Crippen MR) is 109 cm³/mol. The number of nitrogens with zero attached hydrogens (tertiary/aromatic N) is 3. The van der Waals surface area contributed by atoms with E-state index in [0.717, 1.165) is 0 Å².